The number of amides is 1. The fourth-order valence-electron chi connectivity index (χ4n) is 1.66. The summed E-state index contributed by atoms with van der Waals surface area (Å²) in [6, 6.07) is -0.901. The second-order valence-electron chi connectivity index (χ2n) is 3.59. The molecule has 1 aliphatic heterocycles. The van der Waals surface area contributed by atoms with Crippen LogP contribution in [0.2, 0.25) is 0 Å². The van der Waals surface area contributed by atoms with E-state index in [-0.39, 0.29) is 17.4 Å². The van der Waals surface area contributed by atoms with Gasteiger partial charge in [0.25, 0.3) is 0 Å². The summed E-state index contributed by atoms with van der Waals surface area (Å²) in [4.78, 5) is 41.9. The van der Waals surface area contributed by atoms with Crippen molar-refractivity contribution in [3.8, 4) is 0 Å². The van der Waals surface area contributed by atoms with E-state index in [2.05, 4.69) is 0 Å². The first-order valence-electron chi connectivity index (χ1n) is 4.77. The van der Waals surface area contributed by atoms with Gasteiger partial charge in [-0.05, 0) is 13.8 Å². The Morgan fingerprint density at radius 2 is 1.82 bits per heavy atom. The molecular weight excluding hydrogens is 246 g/mol. The fraction of sp³-hybridized carbons (Fsp3) is 0.600. The van der Waals surface area contributed by atoms with Crippen LogP contribution >= 0.6 is 11.8 Å². The number of carboxylic acids is 1. The van der Waals surface area contributed by atoms with Crippen LogP contribution in [0.1, 0.15) is 20.8 Å². The number of thioether (sulfide) groups is 1. The van der Waals surface area contributed by atoms with Crippen LogP contribution in [0, 0.1) is 0 Å². The highest BCUT2D eigenvalue weighted by Gasteiger charge is 2.51. The Morgan fingerprint density at radius 1 is 1.35 bits per heavy atom. The summed E-state index contributed by atoms with van der Waals surface area (Å²) in [6.45, 7) is 6.24. The molecule has 6 nitrogen and oxygen atoms in total. The standard InChI is InChI=1S/C9H13NO4S.CH2O/c1-5(11)9(3)10(6(2)12)7(4-15-9)8(13)14;1-2/h7H,4H2,1-3H3,(H,13,14);1H2. The highest BCUT2D eigenvalue weighted by molar-refractivity contribution is 8.01. The largest absolute Gasteiger partial charge is 0.480 e. The molecule has 1 rings (SSSR count). The summed E-state index contributed by atoms with van der Waals surface area (Å²) in [5.74, 6) is -1.40. The fourth-order valence-corrected chi connectivity index (χ4v) is 3.03. The van der Waals surface area contributed by atoms with Crippen LogP contribution in [-0.2, 0) is 19.2 Å². The molecule has 96 valence electrons. The van der Waals surface area contributed by atoms with E-state index in [0.717, 1.165) is 4.90 Å². The van der Waals surface area contributed by atoms with Crippen LogP contribution < -0.4 is 0 Å². The van der Waals surface area contributed by atoms with Gasteiger partial charge in [0.1, 0.15) is 17.7 Å². The van der Waals surface area contributed by atoms with Crippen molar-refractivity contribution in [2.75, 3.05) is 5.75 Å². The van der Waals surface area contributed by atoms with E-state index >= 15 is 0 Å². The molecule has 2 unspecified atom stereocenters. The van der Waals surface area contributed by atoms with Gasteiger partial charge in [0.05, 0.1) is 0 Å². The smallest absolute Gasteiger partial charge is 0.327 e. The number of rotatable bonds is 2. The molecule has 7 heteroatoms. The van der Waals surface area contributed by atoms with E-state index in [1.165, 1.54) is 25.6 Å². The van der Waals surface area contributed by atoms with Crippen molar-refractivity contribution in [2.45, 2.75) is 31.7 Å². The quantitative estimate of drug-likeness (QED) is 0.761. The second kappa shape index (κ2) is 5.81. The molecule has 2 atom stereocenters. The molecule has 1 heterocycles. The Morgan fingerprint density at radius 3 is 2.12 bits per heavy atom. The number of carbonyl (C=O) groups is 4. The lowest BCUT2D eigenvalue weighted by Gasteiger charge is -2.33. The first-order valence-corrected chi connectivity index (χ1v) is 5.76. The molecule has 0 aliphatic carbocycles. The number of aliphatic carboxylic acids is 1. The molecular formula is C10H15NO5S. The average Bonchev–Trinajstić information content (AvgIpc) is 2.60. The number of carboxylic acid groups (broad SMARTS) is 1. The zero-order valence-corrected chi connectivity index (χ0v) is 10.7. The third-order valence-electron chi connectivity index (χ3n) is 2.57. The minimum atomic E-state index is -1.07. The molecule has 1 amide bonds. The van der Waals surface area contributed by atoms with Gasteiger partial charge in [0, 0.05) is 12.7 Å². The predicted octanol–water partition coefficient (Wildman–Crippen LogP) is 0.155. The van der Waals surface area contributed by atoms with Crippen molar-refractivity contribution in [3.05, 3.63) is 0 Å². The van der Waals surface area contributed by atoms with Gasteiger partial charge in [0.2, 0.25) is 5.91 Å². The molecule has 0 aromatic carbocycles. The van der Waals surface area contributed by atoms with Crippen molar-refractivity contribution in [1.29, 1.82) is 0 Å². The van der Waals surface area contributed by atoms with E-state index in [4.69, 9.17) is 9.90 Å². The number of ketones is 1. The third kappa shape index (κ3) is 2.85. The molecule has 0 saturated carbocycles. The minimum absolute atomic E-state index is 0.202. The summed E-state index contributed by atoms with van der Waals surface area (Å²) in [6.07, 6.45) is 0. The average molecular weight is 261 g/mol. The maximum absolute atomic E-state index is 11.4. The van der Waals surface area contributed by atoms with Crippen LogP contribution in [0.15, 0.2) is 0 Å². The highest BCUT2D eigenvalue weighted by Crippen LogP contribution is 2.40. The van der Waals surface area contributed by atoms with Gasteiger partial charge in [-0.2, -0.15) is 0 Å². The topological polar surface area (TPSA) is 91.8 Å². The van der Waals surface area contributed by atoms with E-state index in [0.29, 0.717) is 0 Å². The number of hydrogen-bond donors (Lipinski definition) is 1. The Balaban J connectivity index is 0.00000121. The van der Waals surface area contributed by atoms with Gasteiger partial charge in [-0.3, -0.25) is 9.59 Å². The van der Waals surface area contributed by atoms with Gasteiger partial charge in [-0.25, -0.2) is 4.79 Å². The normalized spacial score (nSPS) is 27.0. The summed E-state index contributed by atoms with van der Waals surface area (Å²) in [5, 5.41) is 8.93. The Kier molecular flexibility index (Phi) is 5.34. The first-order chi connectivity index (χ1) is 7.80. The summed E-state index contributed by atoms with van der Waals surface area (Å²) < 4.78 is 0. The maximum atomic E-state index is 11.4. The Hall–Kier alpha value is -1.37. The van der Waals surface area contributed by atoms with Crippen molar-refractivity contribution < 1.29 is 24.3 Å². The van der Waals surface area contributed by atoms with Crippen LogP contribution in [0.5, 0.6) is 0 Å². The molecule has 1 N–H and O–H groups in total. The number of nitrogens with zero attached hydrogens (tertiary/aromatic N) is 1. The van der Waals surface area contributed by atoms with Gasteiger partial charge in [-0.1, -0.05) is 0 Å². The zero-order valence-electron chi connectivity index (χ0n) is 9.93. The van der Waals surface area contributed by atoms with Crippen LogP contribution in [0.4, 0.5) is 0 Å². The van der Waals surface area contributed by atoms with Gasteiger partial charge in [0.15, 0.2) is 5.78 Å². The number of carbonyl (C=O) groups excluding carboxylic acids is 3. The molecule has 0 bridgehead atoms. The maximum Gasteiger partial charge on any atom is 0.327 e. The molecule has 0 radical (unpaired) electrons. The molecule has 1 saturated heterocycles. The van der Waals surface area contributed by atoms with Crippen molar-refractivity contribution in [3.63, 3.8) is 0 Å². The lowest BCUT2D eigenvalue weighted by molar-refractivity contribution is -0.151. The molecule has 17 heavy (non-hydrogen) atoms. The monoisotopic (exact) mass is 261 g/mol. The number of hydrogen-bond acceptors (Lipinski definition) is 5. The number of Topliss-reactive ketones (excluding diaryl/α,β-unsaturated/α-hetero) is 1. The van der Waals surface area contributed by atoms with Crippen molar-refractivity contribution in [2.24, 2.45) is 0 Å². The second-order valence-corrected chi connectivity index (χ2v) is 5.01. The summed E-state index contributed by atoms with van der Waals surface area (Å²) in [7, 11) is 0. The minimum Gasteiger partial charge on any atom is -0.480 e. The van der Waals surface area contributed by atoms with Crippen LogP contribution in [0.25, 0.3) is 0 Å². The van der Waals surface area contributed by atoms with E-state index in [1.807, 2.05) is 6.79 Å². The Labute approximate surface area is 103 Å². The van der Waals surface area contributed by atoms with Gasteiger partial charge in [-0.15, -0.1) is 11.8 Å². The molecule has 0 aromatic rings. The van der Waals surface area contributed by atoms with Crippen molar-refractivity contribution >= 4 is 36.2 Å². The zero-order chi connectivity index (χ0) is 13.8. The van der Waals surface area contributed by atoms with E-state index in [9.17, 15) is 14.4 Å². The molecule has 1 fully saturated rings. The predicted molar refractivity (Wildman–Crippen MR) is 62.6 cm³/mol. The van der Waals surface area contributed by atoms with Gasteiger partial charge >= 0.3 is 5.97 Å². The SMILES string of the molecule is C=O.CC(=O)N1C(C(=O)O)CSC1(C)C(C)=O. The van der Waals surface area contributed by atoms with E-state index < -0.39 is 16.9 Å². The lowest BCUT2D eigenvalue weighted by Crippen LogP contribution is -2.53. The van der Waals surface area contributed by atoms with Crippen LogP contribution in [-0.4, -0.2) is 51.1 Å². The molecule has 1 aliphatic rings. The van der Waals surface area contributed by atoms with Gasteiger partial charge < -0.3 is 14.8 Å². The van der Waals surface area contributed by atoms with Crippen molar-refractivity contribution in [1.82, 2.24) is 4.90 Å². The van der Waals surface area contributed by atoms with Crippen LogP contribution in [0.3, 0.4) is 0 Å². The highest BCUT2D eigenvalue weighted by atomic mass is 32.2. The first kappa shape index (κ1) is 15.6. The lowest BCUT2D eigenvalue weighted by atomic mass is 10.1. The molecule has 0 aromatic heterocycles. The third-order valence-corrected chi connectivity index (χ3v) is 4.10. The van der Waals surface area contributed by atoms with E-state index in [1.54, 1.807) is 6.92 Å². The Bertz CT molecular complexity index is 346. The summed E-state index contributed by atoms with van der Waals surface area (Å²) >= 11 is 1.20. The summed E-state index contributed by atoms with van der Waals surface area (Å²) in [5.41, 5.74) is 0. The molecule has 0 spiro atoms.